The molecule has 2 aliphatic heterocycles. The standard InChI is InChI=1S/C9H16O6/c1-9(2)14-7-5(12)6(4(11)3-10)13-8(7)15-9/h4-8,10-12H,3H2,1-2H3/t4?,5?,6-,7?,8-/m1/s1. The molecule has 0 saturated carbocycles. The molecule has 2 fully saturated rings. The first kappa shape index (κ1) is 11.3. The Labute approximate surface area is 87.4 Å². The van der Waals surface area contributed by atoms with Crippen molar-refractivity contribution in [2.75, 3.05) is 6.61 Å². The molecule has 3 unspecified atom stereocenters. The maximum Gasteiger partial charge on any atom is 0.190 e. The minimum atomic E-state index is -1.12. The van der Waals surface area contributed by atoms with E-state index in [1.54, 1.807) is 13.8 Å². The summed E-state index contributed by atoms with van der Waals surface area (Å²) in [5.41, 5.74) is 0. The molecule has 3 N–H and O–H groups in total. The topological polar surface area (TPSA) is 88.4 Å². The van der Waals surface area contributed by atoms with Crippen LogP contribution in [-0.2, 0) is 14.2 Å². The predicted molar refractivity (Wildman–Crippen MR) is 47.8 cm³/mol. The summed E-state index contributed by atoms with van der Waals surface area (Å²) in [6, 6.07) is 0. The molecule has 5 atom stereocenters. The van der Waals surface area contributed by atoms with Crippen molar-refractivity contribution in [1.82, 2.24) is 0 Å². The van der Waals surface area contributed by atoms with Gasteiger partial charge in [0.25, 0.3) is 0 Å². The van der Waals surface area contributed by atoms with Crippen molar-refractivity contribution >= 4 is 0 Å². The van der Waals surface area contributed by atoms with Crippen LogP contribution in [0.4, 0.5) is 0 Å². The van der Waals surface area contributed by atoms with Crippen LogP contribution in [0.1, 0.15) is 13.8 Å². The third kappa shape index (κ3) is 1.89. The Morgan fingerprint density at radius 1 is 1.33 bits per heavy atom. The summed E-state index contributed by atoms with van der Waals surface area (Å²) in [4.78, 5) is 0. The Morgan fingerprint density at radius 3 is 2.53 bits per heavy atom. The molecule has 2 rings (SSSR count). The van der Waals surface area contributed by atoms with Crippen molar-refractivity contribution in [3.8, 4) is 0 Å². The van der Waals surface area contributed by atoms with Gasteiger partial charge in [0.1, 0.15) is 24.4 Å². The van der Waals surface area contributed by atoms with E-state index in [1.165, 1.54) is 0 Å². The molecule has 0 bridgehead atoms. The number of rotatable bonds is 2. The molecule has 15 heavy (non-hydrogen) atoms. The number of aliphatic hydroxyl groups excluding tert-OH is 3. The number of ether oxygens (including phenoxy) is 3. The molecule has 2 heterocycles. The largest absolute Gasteiger partial charge is 0.394 e. The molecule has 2 aliphatic rings. The minimum Gasteiger partial charge on any atom is -0.394 e. The van der Waals surface area contributed by atoms with Crippen LogP contribution >= 0.6 is 0 Å². The van der Waals surface area contributed by atoms with Gasteiger partial charge in [-0.3, -0.25) is 0 Å². The van der Waals surface area contributed by atoms with Crippen molar-refractivity contribution < 1.29 is 29.5 Å². The van der Waals surface area contributed by atoms with E-state index in [-0.39, 0.29) is 0 Å². The van der Waals surface area contributed by atoms with Crippen LogP contribution in [0.25, 0.3) is 0 Å². The number of hydrogen-bond acceptors (Lipinski definition) is 6. The number of aliphatic hydroxyl groups is 3. The normalized spacial score (nSPS) is 45.4. The van der Waals surface area contributed by atoms with Crippen LogP contribution in [0.15, 0.2) is 0 Å². The molecule has 6 heteroatoms. The lowest BCUT2D eigenvalue weighted by atomic mass is 10.1. The summed E-state index contributed by atoms with van der Waals surface area (Å²) in [7, 11) is 0. The summed E-state index contributed by atoms with van der Waals surface area (Å²) in [6.45, 7) is 2.97. The summed E-state index contributed by atoms with van der Waals surface area (Å²) >= 11 is 0. The third-order valence-corrected chi connectivity index (χ3v) is 2.62. The summed E-state index contributed by atoms with van der Waals surface area (Å²) in [5.74, 6) is -0.786. The molecular formula is C9H16O6. The fraction of sp³-hybridized carbons (Fsp3) is 1.00. The molecule has 2 saturated heterocycles. The zero-order valence-corrected chi connectivity index (χ0v) is 8.66. The van der Waals surface area contributed by atoms with Crippen molar-refractivity contribution in [2.24, 2.45) is 0 Å². The summed E-state index contributed by atoms with van der Waals surface area (Å²) < 4.78 is 16.1. The van der Waals surface area contributed by atoms with Crippen molar-refractivity contribution in [1.29, 1.82) is 0 Å². The smallest absolute Gasteiger partial charge is 0.190 e. The van der Waals surface area contributed by atoms with Crippen LogP contribution < -0.4 is 0 Å². The Kier molecular flexibility index (Phi) is 2.74. The average molecular weight is 220 g/mol. The van der Waals surface area contributed by atoms with Crippen LogP contribution in [0.3, 0.4) is 0 Å². The monoisotopic (exact) mass is 220 g/mol. The Morgan fingerprint density at radius 2 is 2.00 bits per heavy atom. The van der Waals surface area contributed by atoms with E-state index in [9.17, 15) is 10.2 Å². The van der Waals surface area contributed by atoms with Gasteiger partial charge < -0.3 is 29.5 Å². The second-order valence-electron chi connectivity index (χ2n) is 4.31. The summed E-state index contributed by atoms with van der Waals surface area (Å²) in [6.07, 6.45) is -4.26. The zero-order chi connectivity index (χ0) is 11.2. The highest BCUT2D eigenvalue weighted by molar-refractivity contribution is 4.95. The molecule has 6 nitrogen and oxygen atoms in total. The van der Waals surface area contributed by atoms with Gasteiger partial charge in [-0.1, -0.05) is 0 Å². The van der Waals surface area contributed by atoms with E-state index < -0.39 is 43.1 Å². The first-order valence-corrected chi connectivity index (χ1v) is 4.93. The number of hydrogen-bond donors (Lipinski definition) is 3. The lowest BCUT2D eigenvalue weighted by Gasteiger charge is -2.24. The SMILES string of the molecule is CC1(C)OC2C(O)[C@@H](C(O)CO)O[C@@H]2O1. The van der Waals surface area contributed by atoms with Crippen LogP contribution in [0.2, 0.25) is 0 Å². The van der Waals surface area contributed by atoms with Gasteiger partial charge in [0.2, 0.25) is 0 Å². The van der Waals surface area contributed by atoms with Crippen molar-refractivity contribution in [2.45, 2.75) is 50.3 Å². The van der Waals surface area contributed by atoms with Crippen LogP contribution in [-0.4, -0.2) is 58.4 Å². The van der Waals surface area contributed by atoms with Crippen molar-refractivity contribution in [3.05, 3.63) is 0 Å². The van der Waals surface area contributed by atoms with Crippen LogP contribution in [0.5, 0.6) is 0 Å². The average Bonchev–Trinajstić information content (AvgIpc) is 2.60. The second-order valence-corrected chi connectivity index (χ2v) is 4.31. The van der Waals surface area contributed by atoms with Gasteiger partial charge in [0.05, 0.1) is 6.61 Å². The Bertz CT molecular complexity index is 243. The predicted octanol–water partition coefficient (Wildman–Crippen LogP) is -1.42. The molecule has 0 aromatic heterocycles. The fourth-order valence-electron chi connectivity index (χ4n) is 1.94. The molecule has 0 amide bonds. The first-order chi connectivity index (χ1) is 6.94. The molecule has 0 aromatic rings. The highest BCUT2D eigenvalue weighted by atomic mass is 16.8. The van der Waals surface area contributed by atoms with Gasteiger partial charge in [-0.05, 0) is 13.8 Å². The third-order valence-electron chi connectivity index (χ3n) is 2.62. The first-order valence-electron chi connectivity index (χ1n) is 4.93. The van der Waals surface area contributed by atoms with Gasteiger partial charge in [0, 0.05) is 0 Å². The molecule has 0 spiro atoms. The molecule has 0 radical (unpaired) electrons. The quantitative estimate of drug-likeness (QED) is 0.529. The van der Waals surface area contributed by atoms with E-state index in [2.05, 4.69) is 0 Å². The lowest BCUT2D eigenvalue weighted by Crippen LogP contribution is -2.42. The maximum atomic E-state index is 9.79. The Hall–Kier alpha value is -0.240. The summed E-state index contributed by atoms with van der Waals surface area (Å²) in [5, 5.41) is 27.9. The molecule has 0 aliphatic carbocycles. The van der Waals surface area contributed by atoms with E-state index in [4.69, 9.17) is 19.3 Å². The van der Waals surface area contributed by atoms with E-state index >= 15 is 0 Å². The van der Waals surface area contributed by atoms with E-state index in [0.29, 0.717) is 0 Å². The van der Waals surface area contributed by atoms with Gasteiger partial charge in [-0.25, -0.2) is 0 Å². The number of fused-ring (bicyclic) bond motifs is 1. The van der Waals surface area contributed by atoms with E-state index in [1.807, 2.05) is 0 Å². The molecule has 88 valence electrons. The highest BCUT2D eigenvalue weighted by Gasteiger charge is 2.55. The second kappa shape index (κ2) is 3.65. The zero-order valence-electron chi connectivity index (χ0n) is 8.66. The van der Waals surface area contributed by atoms with Gasteiger partial charge in [0.15, 0.2) is 12.1 Å². The highest BCUT2D eigenvalue weighted by Crippen LogP contribution is 2.38. The lowest BCUT2D eigenvalue weighted by molar-refractivity contribution is -0.227. The van der Waals surface area contributed by atoms with Crippen LogP contribution in [0, 0.1) is 0 Å². The van der Waals surface area contributed by atoms with Gasteiger partial charge in [-0.15, -0.1) is 0 Å². The minimum absolute atomic E-state index is 0.468. The molecule has 0 aromatic carbocycles. The molecular weight excluding hydrogens is 204 g/mol. The van der Waals surface area contributed by atoms with E-state index in [0.717, 1.165) is 0 Å². The van der Waals surface area contributed by atoms with Crippen molar-refractivity contribution in [3.63, 3.8) is 0 Å². The fourth-order valence-corrected chi connectivity index (χ4v) is 1.94. The maximum absolute atomic E-state index is 9.79. The van der Waals surface area contributed by atoms with Gasteiger partial charge >= 0.3 is 0 Å². The Balaban J connectivity index is 2.05. The van der Waals surface area contributed by atoms with Gasteiger partial charge in [-0.2, -0.15) is 0 Å².